The summed E-state index contributed by atoms with van der Waals surface area (Å²) in [5, 5.41) is 10.8. The molecule has 2 heteroatoms. The van der Waals surface area contributed by atoms with Crippen molar-refractivity contribution in [2.24, 2.45) is 0 Å². The van der Waals surface area contributed by atoms with E-state index in [0.29, 0.717) is 10.9 Å². The zero-order valence-corrected chi connectivity index (χ0v) is 7.21. The highest BCUT2D eigenvalue weighted by molar-refractivity contribution is 5.88. The monoisotopic (exact) mass is 176 g/mol. The smallest absolute Gasteiger partial charge is 0.126 e. The van der Waals surface area contributed by atoms with Crippen LogP contribution in [-0.4, -0.2) is 5.11 Å². The van der Waals surface area contributed by atoms with Crippen molar-refractivity contribution in [2.45, 2.75) is 6.92 Å². The second-order valence-electron chi connectivity index (χ2n) is 3.10. The third kappa shape index (κ3) is 1.24. The standard InChI is InChI=1S/C11H9FO/c1-7-5-8-3-2-4-11(13)9(8)6-10(7)12/h2-6,13H,1H3. The molecule has 1 N–H and O–H groups in total. The Bertz CT molecular complexity index is 463. The summed E-state index contributed by atoms with van der Waals surface area (Å²) >= 11 is 0. The lowest BCUT2D eigenvalue weighted by Crippen LogP contribution is -1.82. The molecule has 0 amide bonds. The zero-order valence-electron chi connectivity index (χ0n) is 7.21. The number of phenolic OH excluding ortho intramolecular Hbond substituents is 1. The summed E-state index contributed by atoms with van der Waals surface area (Å²) in [5.41, 5.74) is 0.595. The highest BCUT2D eigenvalue weighted by atomic mass is 19.1. The van der Waals surface area contributed by atoms with Gasteiger partial charge in [-0.25, -0.2) is 4.39 Å². The van der Waals surface area contributed by atoms with Gasteiger partial charge in [-0.15, -0.1) is 0 Å². The lowest BCUT2D eigenvalue weighted by molar-refractivity contribution is 0.481. The van der Waals surface area contributed by atoms with Crippen molar-refractivity contribution in [3.63, 3.8) is 0 Å². The van der Waals surface area contributed by atoms with Crippen molar-refractivity contribution in [1.82, 2.24) is 0 Å². The third-order valence-electron chi connectivity index (χ3n) is 2.14. The largest absolute Gasteiger partial charge is 0.507 e. The van der Waals surface area contributed by atoms with Gasteiger partial charge < -0.3 is 5.11 Å². The molecule has 0 spiro atoms. The van der Waals surface area contributed by atoms with Crippen molar-refractivity contribution < 1.29 is 9.50 Å². The van der Waals surface area contributed by atoms with Gasteiger partial charge in [-0.2, -0.15) is 0 Å². The van der Waals surface area contributed by atoms with E-state index in [1.165, 1.54) is 6.07 Å². The molecule has 13 heavy (non-hydrogen) atoms. The Balaban J connectivity index is 2.89. The first-order chi connectivity index (χ1) is 6.18. The van der Waals surface area contributed by atoms with Crippen LogP contribution in [0.15, 0.2) is 30.3 Å². The number of hydrogen-bond donors (Lipinski definition) is 1. The van der Waals surface area contributed by atoms with Crippen LogP contribution in [0, 0.1) is 12.7 Å². The summed E-state index contributed by atoms with van der Waals surface area (Å²) in [7, 11) is 0. The summed E-state index contributed by atoms with van der Waals surface area (Å²) in [6, 6.07) is 8.23. The summed E-state index contributed by atoms with van der Waals surface area (Å²) in [6.07, 6.45) is 0. The van der Waals surface area contributed by atoms with Crippen LogP contribution < -0.4 is 0 Å². The average Bonchev–Trinajstić information content (AvgIpc) is 2.09. The maximum atomic E-state index is 13.1. The SMILES string of the molecule is Cc1cc2cccc(O)c2cc1F. The van der Waals surface area contributed by atoms with Crippen LogP contribution in [0.5, 0.6) is 5.75 Å². The van der Waals surface area contributed by atoms with Crippen molar-refractivity contribution >= 4 is 10.8 Å². The molecule has 0 unspecified atom stereocenters. The van der Waals surface area contributed by atoms with Crippen molar-refractivity contribution in [1.29, 1.82) is 0 Å². The van der Waals surface area contributed by atoms with E-state index < -0.39 is 0 Å². The van der Waals surface area contributed by atoms with Gasteiger partial charge >= 0.3 is 0 Å². The van der Waals surface area contributed by atoms with E-state index in [1.807, 2.05) is 6.07 Å². The van der Waals surface area contributed by atoms with E-state index >= 15 is 0 Å². The topological polar surface area (TPSA) is 20.2 Å². The van der Waals surface area contributed by atoms with Crippen LogP contribution in [-0.2, 0) is 0 Å². The van der Waals surface area contributed by atoms with Crippen LogP contribution in [0.3, 0.4) is 0 Å². The Kier molecular flexibility index (Phi) is 1.69. The predicted octanol–water partition coefficient (Wildman–Crippen LogP) is 2.99. The Morgan fingerprint density at radius 2 is 2.00 bits per heavy atom. The van der Waals surface area contributed by atoms with Crippen LogP contribution >= 0.6 is 0 Å². The first-order valence-electron chi connectivity index (χ1n) is 4.06. The van der Waals surface area contributed by atoms with E-state index in [-0.39, 0.29) is 11.6 Å². The molecule has 0 bridgehead atoms. The molecule has 0 fully saturated rings. The summed E-state index contributed by atoms with van der Waals surface area (Å²) in [4.78, 5) is 0. The van der Waals surface area contributed by atoms with Crippen LogP contribution in [0.25, 0.3) is 10.8 Å². The second kappa shape index (κ2) is 2.73. The van der Waals surface area contributed by atoms with Gasteiger partial charge in [0.15, 0.2) is 0 Å². The molecule has 0 atom stereocenters. The van der Waals surface area contributed by atoms with Gasteiger partial charge in [-0.05, 0) is 36.1 Å². The Hall–Kier alpha value is -1.57. The van der Waals surface area contributed by atoms with Crippen molar-refractivity contribution in [2.75, 3.05) is 0 Å². The third-order valence-corrected chi connectivity index (χ3v) is 2.14. The van der Waals surface area contributed by atoms with Gasteiger partial charge in [0.25, 0.3) is 0 Å². The number of phenols is 1. The van der Waals surface area contributed by atoms with E-state index in [4.69, 9.17) is 0 Å². The van der Waals surface area contributed by atoms with Gasteiger partial charge in [0.2, 0.25) is 0 Å². The van der Waals surface area contributed by atoms with Crippen LogP contribution in [0.1, 0.15) is 5.56 Å². The van der Waals surface area contributed by atoms with Crippen molar-refractivity contribution in [3.05, 3.63) is 41.7 Å². The number of rotatable bonds is 0. The number of halogens is 1. The quantitative estimate of drug-likeness (QED) is 0.654. The number of fused-ring (bicyclic) bond motifs is 1. The summed E-state index contributed by atoms with van der Waals surface area (Å²) < 4.78 is 13.1. The molecule has 0 radical (unpaired) electrons. The minimum atomic E-state index is -0.283. The Morgan fingerprint density at radius 3 is 2.77 bits per heavy atom. The van der Waals surface area contributed by atoms with E-state index in [9.17, 15) is 9.50 Å². The molecule has 0 saturated heterocycles. The molecule has 0 aliphatic rings. The van der Waals surface area contributed by atoms with Gasteiger partial charge in [-0.3, -0.25) is 0 Å². The molecule has 0 aliphatic heterocycles. The van der Waals surface area contributed by atoms with E-state index in [2.05, 4.69) is 0 Å². The highest BCUT2D eigenvalue weighted by Gasteiger charge is 2.03. The lowest BCUT2D eigenvalue weighted by atomic mass is 10.1. The fraction of sp³-hybridized carbons (Fsp3) is 0.0909. The second-order valence-corrected chi connectivity index (χ2v) is 3.10. The Labute approximate surface area is 75.4 Å². The zero-order chi connectivity index (χ0) is 9.42. The van der Waals surface area contributed by atoms with Crippen LogP contribution in [0.4, 0.5) is 4.39 Å². The number of aromatic hydroxyl groups is 1. The number of aryl methyl sites for hydroxylation is 1. The molecular formula is C11H9FO. The molecule has 0 heterocycles. The first-order valence-corrected chi connectivity index (χ1v) is 4.06. The fourth-order valence-electron chi connectivity index (χ4n) is 1.40. The molecule has 0 aromatic heterocycles. The highest BCUT2D eigenvalue weighted by Crippen LogP contribution is 2.26. The first kappa shape index (κ1) is 8.05. The minimum Gasteiger partial charge on any atom is -0.507 e. The predicted molar refractivity (Wildman–Crippen MR) is 50.3 cm³/mol. The van der Waals surface area contributed by atoms with Crippen LogP contribution in [0.2, 0.25) is 0 Å². The molecule has 66 valence electrons. The van der Waals surface area contributed by atoms with Crippen molar-refractivity contribution in [3.8, 4) is 5.75 Å². The summed E-state index contributed by atoms with van der Waals surface area (Å²) in [6.45, 7) is 1.71. The number of hydrogen-bond acceptors (Lipinski definition) is 1. The van der Waals surface area contributed by atoms with E-state index in [0.717, 1.165) is 5.39 Å². The molecule has 2 rings (SSSR count). The maximum absolute atomic E-state index is 13.1. The van der Waals surface area contributed by atoms with Gasteiger partial charge in [0.05, 0.1) is 0 Å². The fourth-order valence-corrected chi connectivity index (χ4v) is 1.40. The maximum Gasteiger partial charge on any atom is 0.126 e. The lowest BCUT2D eigenvalue weighted by Gasteiger charge is -2.02. The molecule has 1 nitrogen and oxygen atoms in total. The molecule has 0 aliphatic carbocycles. The Morgan fingerprint density at radius 1 is 1.23 bits per heavy atom. The molecule has 0 saturated carbocycles. The van der Waals surface area contributed by atoms with E-state index in [1.54, 1.807) is 25.1 Å². The van der Waals surface area contributed by atoms with Gasteiger partial charge in [0, 0.05) is 5.39 Å². The molecule has 2 aromatic carbocycles. The van der Waals surface area contributed by atoms with Gasteiger partial charge in [-0.1, -0.05) is 12.1 Å². The van der Waals surface area contributed by atoms with Gasteiger partial charge in [0.1, 0.15) is 11.6 Å². The summed E-state index contributed by atoms with van der Waals surface area (Å²) in [5.74, 6) is -0.162. The number of benzene rings is 2. The normalized spacial score (nSPS) is 10.6. The average molecular weight is 176 g/mol. The minimum absolute atomic E-state index is 0.122. The molecule has 2 aromatic rings. The molecular weight excluding hydrogens is 167 g/mol.